The Kier molecular flexibility index (Phi) is 6.77. The number of carbonyl (C=O) groups excluding carboxylic acids is 2. The molecule has 4 aromatic rings. The number of fused-ring (bicyclic) bond motifs is 2. The molecule has 0 saturated carbocycles. The van der Waals surface area contributed by atoms with Gasteiger partial charge in [-0.25, -0.2) is 14.6 Å². The van der Waals surface area contributed by atoms with Crippen molar-refractivity contribution in [2.24, 2.45) is 0 Å². The van der Waals surface area contributed by atoms with Gasteiger partial charge in [0.15, 0.2) is 0 Å². The highest BCUT2D eigenvalue weighted by Gasteiger charge is 2.22. The molecule has 180 valence electrons. The van der Waals surface area contributed by atoms with Crippen molar-refractivity contribution in [1.82, 2.24) is 14.1 Å². The second kappa shape index (κ2) is 9.92. The van der Waals surface area contributed by atoms with Gasteiger partial charge in [-0.15, -0.1) is 0 Å². The molecule has 0 aliphatic rings. The number of carbonyl (C=O) groups is 2. The lowest BCUT2D eigenvalue weighted by Crippen LogP contribution is -2.40. The van der Waals surface area contributed by atoms with Crippen LogP contribution in [0.15, 0.2) is 58.1 Å². The van der Waals surface area contributed by atoms with Crippen LogP contribution in [0.1, 0.15) is 35.5 Å². The van der Waals surface area contributed by atoms with Gasteiger partial charge in [-0.1, -0.05) is 30.3 Å². The van der Waals surface area contributed by atoms with Crippen molar-refractivity contribution in [3.05, 3.63) is 86.2 Å². The van der Waals surface area contributed by atoms with E-state index in [1.165, 1.54) is 4.57 Å². The van der Waals surface area contributed by atoms with E-state index < -0.39 is 29.7 Å². The zero-order valence-corrected chi connectivity index (χ0v) is 19.7. The SMILES string of the molecule is CCOC(=O)c1c(COC(=O)Cn2c(=O)n(CC)c(=O)c3ccccc32)nc2ccccc2c1C. The second-order valence-corrected chi connectivity index (χ2v) is 7.89. The Morgan fingerprint density at radius 2 is 1.60 bits per heavy atom. The molecule has 0 unspecified atom stereocenters. The Morgan fingerprint density at radius 3 is 2.31 bits per heavy atom. The molecule has 0 amide bonds. The van der Waals surface area contributed by atoms with Crippen LogP contribution in [-0.4, -0.2) is 32.7 Å². The largest absolute Gasteiger partial charge is 0.462 e. The van der Waals surface area contributed by atoms with Crippen LogP contribution in [0.5, 0.6) is 0 Å². The zero-order chi connectivity index (χ0) is 25.1. The number of nitrogens with zero attached hydrogens (tertiary/aromatic N) is 3. The summed E-state index contributed by atoms with van der Waals surface area (Å²) in [6.45, 7) is 4.86. The quantitative estimate of drug-likeness (QED) is 0.378. The molecular formula is C26H25N3O6. The van der Waals surface area contributed by atoms with Crippen molar-refractivity contribution >= 4 is 33.7 Å². The molecule has 0 saturated heterocycles. The molecule has 0 radical (unpaired) electrons. The molecule has 2 aromatic heterocycles. The highest BCUT2D eigenvalue weighted by atomic mass is 16.5. The fourth-order valence-corrected chi connectivity index (χ4v) is 4.15. The molecule has 2 aromatic carbocycles. The number of para-hydroxylation sites is 2. The van der Waals surface area contributed by atoms with Crippen molar-refractivity contribution in [3.63, 3.8) is 0 Å². The number of aromatic nitrogens is 3. The Morgan fingerprint density at radius 1 is 0.914 bits per heavy atom. The van der Waals surface area contributed by atoms with Gasteiger partial charge < -0.3 is 9.47 Å². The predicted octanol–water partition coefficient (Wildman–Crippen LogP) is 2.96. The van der Waals surface area contributed by atoms with Gasteiger partial charge in [0.05, 0.1) is 34.3 Å². The summed E-state index contributed by atoms with van der Waals surface area (Å²) in [5, 5.41) is 1.13. The van der Waals surface area contributed by atoms with E-state index >= 15 is 0 Å². The van der Waals surface area contributed by atoms with Crippen molar-refractivity contribution in [3.8, 4) is 0 Å². The van der Waals surface area contributed by atoms with Gasteiger partial charge >= 0.3 is 17.6 Å². The lowest BCUT2D eigenvalue weighted by molar-refractivity contribution is -0.145. The van der Waals surface area contributed by atoms with E-state index in [2.05, 4.69) is 4.98 Å². The van der Waals surface area contributed by atoms with Gasteiger partial charge in [0.25, 0.3) is 5.56 Å². The lowest BCUT2D eigenvalue weighted by Gasteiger charge is -2.15. The van der Waals surface area contributed by atoms with E-state index in [0.29, 0.717) is 22.0 Å². The summed E-state index contributed by atoms with van der Waals surface area (Å²) >= 11 is 0. The maximum atomic E-state index is 12.9. The third kappa shape index (κ3) is 4.44. The van der Waals surface area contributed by atoms with Crippen LogP contribution in [0.3, 0.4) is 0 Å². The van der Waals surface area contributed by atoms with Crippen LogP contribution in [0.2, 0.25) is 0 Å². The minimum Gasteiger partial charge on any atom is -0.462 e. The molecule has 9 nitrogen and oxygen atoms in total. The van der Waals surface area contributed by atoms with Crippen LogP contribution in [-0.2, 0) is 34.0 Å². The number of ether oxygens (including phenoxy) is 2. The summed E-state index contributed by atoms with van der Waals surface area (Å²) in [7, 11) is 0. The van der Waals surface area contributed by atoms with Crippen LogP contribution in [0.25, 0.3) is 21.8 Å². The molecule has 0 atom stereocenters. The number of rotatable bonds is 7. The summed E-state index contributed by atoms with van der Waals surface area (Å²) in [5.74, 6) is -1.26. The van der Waals surface area contributed by atoms with Crippen LogP contribution in [0.4, 0.5) is 0 Å². The summed E-state index contributed by atoms with van der Waals surface area (Å²) in [6.07, 6.45) is 0. The van der Waals surface area contributed by atoms with Gasteiger partial charge in [0, 0.05) is 11.9 Å². The van der Waals surface area contributed by atoms with Crippen molar-refractivity contribution in [2.75, 3.05) is 6.61 Å². The van der Waals surface area contributed by atoms with Gasteiger partial charge in [0.1, 0.15) is 13.2 Å². The highest BCUT2D eigenvalue weighted by molar-refractivity contribution is 5.98. The first-order valence-corrected chi connectivity index (χ1v) is 11.3. The van der Waals surface area contributed by atoms with Gasteiger partial charge in [0.2, 0.25) is 0 Å². The average Bonchev–Trinajstić information content (AvgIpc) is 2.86. The molecule has 2 heterocycles. The number of hydrogen-bond donors (Lipinski definition) is 0. The predicted molar refractivity (Wildman–Crippen MR) is 130 cm³/mol. The smallest absolute Gasteiger partial charge is 0.340 e. The summed E-state index contributed by atoms with van der Waals surface area (Å²) in [5.41, 5.74) is 1.19. The molecule has 35 heavy (non-hydrogen) atoms. The van der Waals surface area contributed by atoms with Crippen LogP contribution < -0.4 is 11.2 Å². The van der Waals surface area contributed by atoms with Gasteiger partial charge in [-0.2, -0.15) is 0 Å². The Hall–Kier alpha value is -4.27. The molecule has 9 heteroatoms. The first-order chi connectivity index (χ1) is 16.9. The van der Waals surface area contributed by atoms with E-state index in [1.54, 1.807) is 45.0 Å². The Labute approximate surface area is 200 Å². The molecule has 0 aliphatic heterocycles. The molecule has 0 N–H and O–H groups in total. The van der Waals surface area contributed by atoms with E-state index in [-0.39, 0.29) is 31.0 Å². The van der Waals surface area contributed by atoms with Crippen LogP contribution >= 0.6 is 0 Å². The van der Waals surface area contributed by atoms with E-state index in [9.17, 15) is 19.2 Å². The van der Waals surface area contributed by atoms with E-state index in [1.807, 2.05) is 24.3 Å². The normalized spacial score (nSPS) is 11.1. The summed E-state index contributed by atoms with van der Waals surface area (Å²) < 4.78 is 12.9. The minimum atomic E-state index is -0.707. The number of esters is 2. The van der Waals surface area contributed by atoms with E-state index in [0.717, 1.165) is 9.95 Å². The Bertz CT molecular complexity index is 1570. The minimum absolute atomic E-state index is 0.167. The summed E-state index contributed by atoms with van der Waals surface area (Å²) in [6, 6.07) is 13.9. The first-order valence-electron chi connectivity index (χ1n) is 11.3. The topological polar surface area (TPSA) is 109 Å². The Balaban J connectivity index is 1.67. The second-order valence-electron chi connectivity index (χ2n) is 7.89. The molecule has 0 fully saturated rings. The molecule has 4 rings (SSSR count). The summed E-state index contributed by atoms with van der Waals surface area (Å²) in [4.78, 5) is 55.5. The third-order valence-corrected chi connectivity index (χ3v) is 5.81. The standard InChI is InChI=1S/C26H25N3O6/c1-4-28-24(31)18-11-7-9-13-21(18)29(26(28)33)14-22(30)35-15-20-23(25(32)34-5-2)16(3)17-10-6-8-12-19(17)27-20/h6-13H,4-5,14-15H2,1-3H3. The number of aryl methyl sites for hydroxylation is 1. The lowest BCUT2D eigenvalue weighted by atomic mass is 10.0. The number of pyridine rings is 1. The van der Waals surface area contributed by atoms with Crippen molar-refractivity contribution in [1.29, 1.82) is 0 Å². The molecule has 0 spiro atoms. The monoisotopic (exact) mass is 475 g/mol. The van der Waals surface area contributed by atoms with Crippen LogP contribution in [0, 0.1) is 6.92 Å². The highest BCUT2D eigenvalue weighted by Crippen LogP contribution is 2.24. The fourth-order valence-electron chi connectivity index (χ4n) is 4.15. The van der Waals surface area contributed by atoms with E-state index in [4.69, 9.17) is 9.47 Å². The first kappa shape index (κ1) is 23.9. The maximum Gasteiger partial charge on any atom is 0.340 e. The third-order valence-electron chi connectivity index (χ3n) is 5.81. The number of hydrogen-bond acceptors (Lipinski definition) is 7. The zero-order valence-electron chi connectivity index (χ0n) is 19.7. The fraction of sp³-hybridized carbons (Fsp3) is 0.269. The van der Waals surface area contributed by atoms with Crippen molar-refractivity contribution < 1.29 is 19.1 Å². The molecule has 0 bridgehead atoms. The molecular weight excluding hydrogens is 450 g/mol. The average molecular weight is 476 g/mol. The maximum absolute atomic E-state index is 12.9. The van der Waals surface area contributed by atoms with Gasteiger partial charge in [-0.3, -0.25) is 18.7 Å². The number of benzene rings is 2. The molecule has 0 aliphatic carbocycles. The van der Waals surface area contributed by atoms with Crippen molar-refractivity contribution in [2.45, 2.75) is 40.5 Å². The van der Waals surface area contributed by atoms with Gasteiger partial charge in [-0.05, 0) is 44.5 Å².